The van der Waals surface area contributed by atoms with Crippen molar-refractivity contribution in [3.8, 4) is 6.07 Å². The zero-order chi connectivity index (χ0) is 33.8. The minimum Gasteiger partial charge on any atom is -0.367 e. The molecule has 4 aromatic rings. The first kappa shape index (κ1) is 33.9. The van der Waals surface area contributed by atoms with Crippen LogP contribution in [-0.2, 0) is 24.3 Å². The van der Waals surface area contributed by atoms with Crippen molar-refractivity contribution in [3.05, 3.63) is 64.9 Å². The molecule has 1 amide bonds. The number of benzene rings is 1. The van der Waals surface area contributed by atoms with Crippen molar-refractivity contribution in [2.75, 3.05) is 38.0 Å². The van der Waals surface area contributed by atoms with Crippen molar-refractivity contribution in [1.82, 2.24) is 29.7 Å². The van der Waals surface area contributed by atoms with Crippen LogP contribution in [-0.4, -0.2) is 81.2 Å². The first-order chi connectivity index (χ1) is 23.1. The van der Waals surface area contributed by atoms with E-state index in [1.807, 2.05) is 6.07 Å². The molecule has 2 aliphatic heterocycles. The van der Waals surface area contributed by atoms with E-state index in [1.54, 1.807) is 6.07 Å². The Morgan fingerprint density at radius 2 is 1.83 bits per heavy atom. The minimum atomic E-state index is -4.26. The maximum absolute atomic E-state index is 12.9. The van der Waals surface area contributed by atoms with Crippen molar-refractivity contribution in [2.24, 2.45) is 0 Å². The first-order valence-electron chi connectivity index (χ1n) is 16.6. The van der Waals surface area contributed by atoms with Crippen LogP contribution in [0.15, 0.2) is 43.2 Å². The van der Waals surface area contributed by atoms with E-state index in [9.17, 15) is 23.2 Å². The third kappa shape index (κ3) is 7.99. The SMILES string of the molecule is C=CC(=O)NC1CCCN(CCn2c(C#N)cc3c(C)c(CN4CCC(Nc5ncnc6sc(CC(F)(F)F)cc56)CC4)ccc32)CC1. The summed E-state index contributed by atoms with van der Waals surface area (Å²) >= 11 is 1.06. The van der Waals surface area contributed by atoms with Crippen LogP contribution in [0.1, 0.15) is 53.8 Å². The number of amides is 1. The Balaban J connectivity index is 1.05. The summed E-state index contributed by atoms with van der Waals surface area (Å²) in [7, 11) is 0. The van der Waals surface area contributed by atoms with Crippen molar-refractivity contribution < 1.29 is 18.0 Å². The van der Waals surface area contributed by atoms with Crippen LogP contribution in [0, 0.1) is 18.3 Å². The van der Waals surface area contributed by atoms with Gasteiger partial charge in [0.2, 0.25) is 5.91 Å². The van der Waals surface area contributed by atoms with Crippen LogP contribution in [0.5, 0.6) is 0 Å². The van der Waals surface area contributed by atoms with Gasteiger partial charge in [0, 0.05) is 67.1 Å². The molecule has 9 nitrogen and oxygen atoms in total. The highest BCUT2D eigenvalue weighted by Crippen LogP contribution is 2.33. The van der Waals surface area contributed by atoms with Crippen LogP contribution >= 0.6 is 11.3 Å². The fourth-order valence-corrected chi connectivity index (χ4v) is 8.05. The molecule has 1 unspecified atom stereocenters. The monoisotopic (exact) mass is 678 g/mol. The second-order valence-electron chi connectivity index (χ2n) is 12.9. The summed E-state index contributed by atoms with van der Waals surface area (Å²) in [6, 6.07) is 10.7. The van der Waals surface area contributed by atoms with Gasteiger partial charge in [-0.2, -0.15) is 18.4 Å². The number of alkyl halides is 3. The molecule has 48 heavy (non-hydrogen) atoms. The molecule has 5 heterocycles. The van der Waals surface area contributed by atoms with E-state index in [1.165, 1.54) is 23.5 Å². The van der Waals surface area contributed by atoms with Gasteiger partial charge in [0.05, 0.1) is 11.8 Å². The molecule has 0 bridgehead atoms. The number of hydrogen-bond acceptors (Lipinski definition) is 8. The van der Waals surface area contributed by atoms with Gasteiger partial charge in [-0.1, -0.05) is 12.6 Å². The Hall–Kier alpha value is -3.99. The van der Waals surface area contributed by atoms with Gasteiger partial charge in [-0.15, -0.1) is 11.3 Å². The van der Waals surface area contributed by atoms with E-state index < -0.39 is 12.6 Å². The van der Waals surface area contributed by atoms with Gasteiger partial charge in [0.1, 0.15) is 28.7 Å². The highest BCUT2D eigenvalue weighted by molar-refractivity contribution is 7.18. The quantitative estimate of drug-likeness (QED) is 0.194. The summed E-state index contributed by atoms with van der Waals surface area (Å²) in [5, 5.41) is 18.3. The van der Waals surface area contributed by atoms with E-state index in [4.69, 9.17) is 0 Å². The number of carbonyl (C=O) groups excluding carboxylic acids is 1. The number of nitriles is 1. The topological polar surface area (TPSA) is 102 Å². The van der Waals surface area contributed by atoms with Gasteiger partial charge >= 0.3 is 6.18 Å². The molecule has 0 radical (unpaired) electrons. The number of nitrogens with one attached hydrogen (secondary N) is 2. The molecular formula is C35H41F3N8OS. The van der Waals surface area contributed by atoms with Crippen LogP contribution < -0.4 is 10.6 Å². The van der Waals surface area contributed by atoms with E-state index in [2.05, 4.69) is 66.7 Å². The standard InChI is InChI=1S/C35H41F3N8OS/c1-3-32(47)42-25-5-4-11-44(12-8-25)15-16-46-27(20-39)17-29-23(2)24(6-7-31(29)46)21-45-13-9-26(10-14-45)43-33-30-18-28(19-35(36,37)38)48-34(30)41-22-40-33/h3,6-7,17-18,22,25-26H,1,4-5,8-16,19,21H2,2H3,(H,42,47)(H,40,41,43). The molecule has 0 aliphatic carbocycles. The molecule has 1 aromatic carbocycles. The average Bonchev–Trinajstić information content (AvgIpc) is 3.56. The summed E-state index contributed by atoms with van der Waals surface area (Å²) in [4.78, 5) is 26.0. The number of piperidine rings is 1. The lowest BCUT2D eigenvalue weighted by Crippen LogP contribution is -2.39. The lowest BCUT2D eigenvalue weighted by atomic mass is 10.0. The summed E-state index contributed by atoms with van der Waals surface area (Å²) < 4.78 is 41.0. The zero-order valence-corrected chi connectivity index (χ0v) is 28.0. The fourth-order valence-electron chi connectivity index (χ4n) is 7.03. The van der Waals surface area contributed by atoms with Gasteiger partial charge in [0.15, 0.2) is 0 Å². The molecular weight excluding hydrogens is 638 g/mol. The number of halogens is 3. The molecule has 6 rings (SSSR count). The molecule has 2 aliphatic rings. The molecule has 0 saturated carbocycles. The van der Waals surface area contributed by atoms with Gasteiger partial charge < -0.3 is 20.1 Å². The maximum Gasteiger partial charge on any atom is 0.393 e. The van der Waals surface area contributed by atoms with Crippen LogP contribution in [0.2, 0.25) is 0 Å². The van der Waals surface area contributed by atoms with Crippen molar-refractivity contribution in [1.29, 1.82) is 5.26 Å². The number of nitrogens with zero attached hydrogens (tertiary/aromatic N) is 6. The van der Waals surface area contributed by atoms with Crippen molar-refractivity contribution >= 4 is 44.2 Å². The summed E-state index contributed by atoms with van der Waals surface area (Å²) in [6.07, 6.45) is 2.17. The number of anilines is 1. The van der Waals surface area contributed by atoms with Crippen molar-refractivity contribution in [3.63, 3.8) is 0 Å². The Labute approximate surface area is 282 Å². The number of aryl methyl sites for hydroxylation is 1. The van der Waals surface area contributed by atoms with E-state index in [0.29, 0.717) is 21.7 Å². The summed E-state index contributed by atoms with van der Waals surface area (Å²) in [6.45, 7) is 11.7. The predicted octanol–water partition coefficient (Wildman–Crippen LogP) is 6.16. The molecule has 2 fully saturated rings. The molecule has 2 saturated heterocycles. The van der Waals surface area contributed by atoms with Gasteiger partial charge in [-0.25, -0.2) is 9.97 Å². The van der Waals surface area contributed by atoms with E-state index in [0.717, 1.165) is 100 Å². The predicted molar refractivity (Wildman–Crippen MR) is 183 cm³/mol. The normalized spacial score (nSPS) is 18.5. The zero-order valence-electron chi connectivity index (χ0n) is 27.2. The smallest absolute Gasteiger partial charge is 0.367 e. The van der Waals surface area contributed by atoms with Crippen molar-refractivity contribution in [2.45, 2.75) is 76.8 Å². The number of thiophene rings is 1. The molecule has 1 atom stereocenters. The molecule has 3 aromatic heterocycles. The summed E-state index contributed by atoms with van der Waals surface area (Å²) in [5.41, 5.74) is 4.17. The Kier molecular flexibility index (Phi) is 10.3. The highest BCUT2D eigenvalue weighted by Gasteiger charge is 2.29. The minimum absolute atomic E-state index is 0.119. The largest absolute Gasteiger partial charge is 0.393 e. The number of carbonyl (C=O) groups is 1. The lowest BCUT2D eigenvalue weighted by molar-refractivity contribution is -0.126. The van der Waals surface area contributed by atoms with E-state index in [-0.39, 0.29) is 22.9 Å². The van der Waals surface area contributed by atoms with Gasteiger partial charge in [-0.05, 0) is 81.0 Å². The van der Waals surface area contributed by atoms with Crippen LogP contribution in [0.25, 0.3) is 21.1 Å². The third-order valence-corrected chi connectivity index (χ3v) is 10.7. The Morgan fingerprint density at radius 3 is 2.58 bits per heavy atom. The van der Waals surface area contributed by atoms with Gasteiger partial charge in [0.25, 0.3) is 0 Å². The average molecular weight is 679 g/mol. The summed E-state index contributed by atoms with van der Waals surface area (Å²) in [5.74, 6) is 0.478. The molecule has 254 valence electrons. The molecule has 13 heteroatoms. The Morgan fingerprint density at radius 1 is 1.06 bits per heavy atom. The lowest BCUT2D eigenvalue weighted by Gasteiger charge is -2.33. The number of fused-ring (bicyclic) bond motifs is 2. The highest BCUT2D eigenvalue weighted by atomic mass is 32.1. The van der Waals surface area contributed by atoms with Crippen LogP contribution in [0.3, 0.4) is 0 Å². The number of rotatable bonds is 10. The second-order valence-corrected chi connectivity index (χ2v) is 14.0. The maximum atomic E-state index is 12.9. The molecule has 2 N–H and O–H groups in total. The molecule has 0 spiro atoms. The van der Waals surface area contributed by atoms with E-state index >= 15 is 0 Å². The van der Waals surface area contributed by atoms with Crippen LogP contribution in [0.4, 0.5) is 19.0 Å². The number of aromatic nitrogens is 3. The van der Waals surface area contributed by atoms with Gasteiger partial charge in [-0.3, -0.25) is 9.69 Å². The second kappa shape index (κ2) is 14.6. The first-order valence-corrected chi connectivity index (χ1v) is 17.4. The number of hydrogen-bond donors (Lipinski definition) is 2. The third-order valence-electron chi connectivity index (χ3n) is 9.65. The fraction of sp³-hybridized carbons (Fsp3) is 0.486. The number of likely N-dealkylation sites (tertiary alicyclic amines) is 2. The Bertz CT molecular complexity index is 1820.